The maximum Gasteiger partial charge on any atom is 0.186 e. The van der Waals surface area contributed by atoms with Gasteiger partial charge in [-0.3, -0.25) is 4.79 Å². The molecular weight excluding hydrogens is 208 g/mol. The molecule has 0 saturated heterocycles. The Morgan fingerprint density at radius 1 is 1.31 bits per heavy atom. The van der Waals surface area contributed by atoms with E-state index >= 15 is 0 Å². The summed E-state index contributed by atoms with van der Waals surface area (Å²) in [6.07, 6.45) is 0.174. The summed E-state index contributed by atoms with van der Waals surface area (Å²) in [7, 11) is 3.10. The van der Waals surface area contributed by atoms with Crippen LogP contribution >= 0.6 is 0 Å². The fourth-order valence-electron chi connectivity index (χ4n) is 1.59. The summed E-state index contributed by atoms with van der Waals surface area (Å²) in [4.78, 5) is 10.7. The Balaban J connectivity index is 3.24. The summed E-state index contributed by atoms with van der Waals surface area (Å²) in [6.45, 7) is 6.02. The van der Waals surface area contributed by atoms with Crippen molar-refractivity contribution in [1.29, 1.82) is 0 Å². The van der Waals surface area contributed by atoms with Crippen molar-refractivity contribution in [2.75, 3.05) is 14.2 Å². The van der Waals surface area contributed by atoms with Crippen LogP contribution in [0.2, 0.25) is 0 Å². The molecule has 1 aromatic heterocycles. The summed E-state index contributed by atoms with van der Waals surface area (Å²) in [5.74, 6) is 1.00. The largest absolute Gasteiger partial charge is 0.457 e. The van der Waals surface area contributed by atoms with E-state index in [1.54, 1.807) is 20.3 Å². The van der Waals surface area contributed by atoms with Crippen LogP contribution in [0.5, 0.6) is 0 Å². The first kappa shape index (κ1) is 12.9. The molecule has 0 aromatic carbocycles. The Bertz CT molecular complexity index is 356. The topological polar surface area (TPSA) is 48.7 Å². The van der Waals surface area contributed by atoms with E-state index in [2.05, 4.69) is 0 Å². The third kappa shape index (κ3) is 2.51. The molecule has 0 aliphatic carbocycles. The van der Waals surface area contributed by atoms with Crippen molar-refractivity contribution in [3.05, 3.63) is 23.2 Å². The lowest BCUT2D eigenvalue weighted by Gasteiger charge is -2.20. The lowest BCUT2D eigenvalue weighted by Crippen LogP contribution is -2.15. The number of aldehydes is 1. The number of hydrogen-bond donors (Lipinski definition) is 0. The fourth-order valence-corrected chi connectivity index (χ4v) is 1.59. The second-order valence-corrected chi connectivity index (χ2v) is 4.60. The van der Waals surface area contributed by atoms with E-state index in [9.17, 15) is 4.79 Å². The number of hydrogen-bond acceptors (Lipinski definition) is 4. The standard InChI is InChI=1S/C12H18O4/c1-12(2,3)10-9(11(14-4)15-5)6-8(7-13)16-10/h6-7,11H,1-5H3. The van der Waals surface area contributed by atoms with E-state index in [4.69, 9.17) is 13.9 Å². The molecule has 0 unspecified atom stereocenters. The van der Waals surface area contributed by atoms with Gasteiger partial charge in [0.05, 0.1) is 5.56 Å². The van der Waals surface area contributed by atoms with Crippen LogP contribution in [0.4, 0.5) is 0 Å². The van der Waals surface area contributed by atoms with Gasteiger partial charge in [-0.25, -0.2) is 0 Å². The van der Waals surface area contributed by atoms with Crippen molar-refractivity contribution >= 4 is 6.29 Å². The Morgan fingerprint density at radius 3 is 2.25 bits per heavy atom. The van der Waals surface area contributed by atoms with Crippen LogP contribution in [0, 0.1) is 0 Å². The quantitative estimate of drug-likeness (QED) is 0.585. The van der Waals surface area contributed by atoms with Crippen LogP contribution in [-0.2, 0) is 14.9 Å². The van der Waals surface area contributed by atoms with Crippen LogP contribution in [0.25, 0.3) is 0 Å². The molecule has 0 fully saturated rings. The van der Waals surface area contributed by atoms with Crippen LogP contribution in [0.15, 0.2) is 10.5 Å². The zero-order valence-corrected chi connectivity index (χ0v) is 10.4. The first-order chi connectivity index (χ1) is 7.43. The molecule has 0 amide bonds. The number of rotatable bonds is 4. The average Bonchev–Trinajstić information content (AvgIpc) is 2.63. The Morgan fingerprint density at radius 2 is 1.88 bits per heavy atom. The molecule has 0 spiro atoms. The molecule has 0 radical (unpaired) electrons. The summed E-state index contributed by atoms with van der Waals surface area (Å²) < 4.78 is 15.8. The monoisotopic (exact) mass is 226 g/mol. The average molecular weight is 226 g/mol. The smallest absolute Gasteiger partial charge is 0.186 e. The van der Waals surface area contributed by atoms with Gasteiger partial charge in [0, 0.05) is 19.6 Å². The van der Waals surface area contributed by atoms with Gasteiger partial charge in [-0.2, -0.15) is 0 Å². The third-order valence-corrected chi connectivity index (χ3v) is 2.26. The molecule has 0 N–H and O–H groups in total. The SMILES string of the molecule is COC(OC)c1cc(C=O)oc1C(C)(C)C. The van der Waals surface area contributed by atoms with E-state index < -0.39 is 6.29 Å². The van der Waals surface area contributed by atoms with Crippen LogP contribution in [0.1, 0.15) is 48.9 Å². The predicted molar refractivity (Wildman–Crippen MR) is 59.6 cm³/mol. The fraction of sp³-hybridized carbons (Fsp3) is 0.583. The number of ether oxygens (including phenoxy) is 2. The first-order valence-corrected chi connectivity index (χ1v) is 5.09. The molecule has 4 nitrogen and oxygen atoms in total. The first-order valence-electron chi connectivity index (χ1n) is 5.09. The molecule has 1 rings (SSSR count). The highest BCUT2D eigenvalue weighted by Gasteiger charge is 2.28. The Labute approximate surface area is 95.5 Å². The van der Waals surface area contributed by atoms with E-state index in [-0.39, 0.29) is 5.41 Å². The minimum Gasteiger partial charge on any atom is -0.457 e. The van der Waals surface area contributed by atoms with E-state index in [0.717, 1.165) is 5.56 Å². The maximum absolute atomic E-state index is 10.7. The third-order valence-electron chi connectivity index (χ3n) is 2.26. The molecule has 0 aliphatic rings. The Hall–Kier alpha value is -1.13. The van der Waals surface area contributed by atoms with E-state index in [1.807, 2.05) is 20.8 Å². The molecule has 0 atom stereocenters. The minimum atomic E-state index is -0.508. The maximum atomic E-state index is 10.7. The van der Waals surface area contributed by atoms with Crippen LogP contribution in [-0.4, -0.2) is 20.5 Å². The molecule has 16 heavy (non-hydrogen) atoms. The lowest BCUT2D eigenvalue weighted by molar-refractivity contribution is -0.107. The van der Waals surface area contributed by atoms with Gasteiger partial charge in [0.15, 0.2) is 18.3 Å². The van der Waals surface area contributed by atoms with Crippen LogP contribution < -0.4 is 0 Å². The van der Waals surface area contributed by atoms with Gasteiger partial charge < -0.3 is 13.9 Å². The number of furan rings is 1. The van der Waals surface area contributed by atoms with Gasteiger partial charge in [0.2, 0.25) is 0 Å². The minimum absolute atomic E-state index is 0.202. The molecular formula is C12H18O4. The second kappa shape index (κ2) is 4.80. The summed E-state index contributed by atoms with van der Waals surface area (Å²) in [6, 6.07) is 1.66. The summed E-state index contributed by atoms with van der Waals surface area (Å²) in [5.41, 5.74) is 0.561. The molecule has 1 aromatic rings. The molecule has 1 heterocycles. The van der Waals surface area contributed by atoms with Crippen molar-refractivity contribution in [2.45, 2.75) is 32.5 Å². The van der Waals surface area contributed by atoms with Crippen molar-refractivity contribution in [1.82, 2.24) is 0 Å². The lowest BCUT2D eigenvalue weighted by atomic mass is 9.90. The summed E-state index contributed by atoms with van der Waals surface area (Å²) >= 11 is 0. The number of carbonyl (C=O) groups excluding carboxylic acids is 1. The second-order valence-electron chi connectivity index (χ2n) is 4.60. The summed E-state index contributed by atoms with van der Waals surface area (Å²) in [5, 5.41) is 0. The van der Waals surface area contributed by atoms with Gasteiger partial charge in [0.25, 0.3) is 0 Å². The van der Waals surface area contributed by atoms with Crippen molar-refractivity contribution in [3.63, 3.8) is 0 Å². The molecule has 0 bridgehead atoms. The number of carbonyl (C=O) groups is 1. The highest BCUT2D eigenvalue weighted by molar-refractivity contribution is 5.71. The van der Waals surface area contributed by atoms with Gasteiger partial charge >= 0.3 is 0 Å². The van der Waals surface area contributed by atoms with Gasteiger partial charge in [-0.15, -0.1) is 0 Å². The van der Waals surface area contributed by atoms with Gasteiger partial charge in [-0.05, 0) is 6.07 Å². The number of methoxy groups -OCH3 is 2. The zero-order chi connectivity index (χ0) is 12.3. The molecule has 0 saturated carbocycles. The highest BCUT2D eigenvalue weighted by Crippen LogP contribution is 2.33. The molecule has 0 aliphatic heterocycles. The zero-order valence-electron chi connectivity index (χ0n) is 10.4. The van der Waals surface area contributed by atoms with E-state index in [1.165, 1.54) is 0 Å². The normalized spacial score (nSPS) is 12.1. The van der Waals surface area contributed by atoms with Crippen molar-refractivity contribution in [3.8, 4) is 0 Å². The predicted octanol–water partition coefficient (Wildman–Crippen LogP) is 2.68. The van der Waals surface area contributed by atoms with E-state index in [0.29, 0.717) is 17.8 Å². The van der Waals surface area contributed by atoms with Gasteiger partial charge in [-0.1, -0.05) is 20.8 Å². The Kier molecular flexibility index (Phi) is 3.88. The van der Waals surface area contributed by atoms with Crippen molar-refractivity contribution < 1.29 is 18.7 Å². The van der Waals surface area contributed by atoms with Crippen LogP contribution in [0.3, 0.4) is 0 Å². The molecule has 4 heteroatoms. The van der Waals surface area contributed by atoms with Gasteiger partial charge in [0.1, 0.15) is 5.76 Å². The molecule has 90 valence electrons. The highest BCUT2D eigenvalue weighted by atomic mass is 16.7. The van der Waals surface area contributed by atoms with Crippen molar-refractivity contribution in [2.24, 2.45) is 0 Å².